The van der Waals surface area contributed by atoms with E-state index in [9.17, 15) is 0 Å². The van der Waals surface area contributed by atoms with Gasteiger partial charge in [-0.15, -0.1) is 0 Å². The Morgan fingerprint density at radius 2 is 2.21 bits per heavy atom. The van der Waals surface area contributed by atoms with E-state index in [1.54, 1.807) is 0 Å². The van der Waals surface area contributed by atoms with Crippen molar-refractivity contribution in [1.29, 1.82) is 0 Å². The van der Waals surface area contributed by atoms with Crippen LogP contribution in [-0.2, 0) is 0 Å². The van der Waals surface area contributed by atoms with Gasteiger partial charge in [0.15, 0.2) is 5.82 Å². The highest BCUT2D eigenvalue weighted by molar-refractivity contribution is 6.05. The predicted octanol–water partition coefficient (Wildman–Crippen LogP) is 3.63. The molecule has 6 heteroatoms. The molecule has 6 nitrogen and oxygen atoms in total. The number of aromatic nitrogens is 2. The molecule has 28 heavy (non-hydrogen) atoms. The Balaban J connectivity index is 1.48. The van der Waals surface area contributed by atoms with E-state index in [0.717, 1.165) is 30.6 Å². The van der Waals surface area contributed by atoms with Gasteiger partial charge in [0.05, 0.1) is 0 Å². The SMILES string of the molecule is C=C(/N=C(\C=C/C)N(C)c1cc(C2CCCC2)[nH]n1)N1CC2(CNC)CC1C2. The third-order valence-electron chi connectivity index (χ3n) is 6.79. The maximum atomic E-state index is 4.91. The van der Waals surface area contributed by atoms with E-state index < -0.39 is 0 Å². The van der Waals surface area contributed by atoms with E-state index in [0.29, 0.717) is 17.4 Å². The average molecular weight is 383 g/mol. The van der Waals surface area contributed by atoms with Crippen molar-refractivity contribution < 1.29 is 0 Å². The van der Waals surface area contributed by atoms with Crippen molar-refractivity contribution >= 4 is 11.7 Å². The fourth-order valence-corrected chi connectivity index (χ4v) is 5.29. The Hall–Kier alpha value is -2.08. The number of aromatic amines is 1. The van der Waals surface area contributed by atoms with Crippen LogP contribution in [0.15, 0.2) is 35.6 Å². The maximum absolute atomic E-state index is 4.91. The van der Waals surface area contributed by atoms with E-state index >= 15 is 0 Å². The summed E-state index contributed by atoms with van der Waals surface area (Å²) < 4.78 is 0. The third kappa shape index (κ3) is 3.50. The van der Waals surface area contributed by atoms with Gasteiger partial charge in [-0.05, 0) is 45.7 Å². The summed E-state index contributed by atoms with van der Waals surface area (Å²) in [6.07, 6.45) is 11.8. The fourth-order valence-electron chi connectivity index (χ4n) is 5.29. The lowest BCUT2D eigenvalue weighted by Crippen LogP contribution is -2.41. The summed E-state index contributed by atoms with van der Waals surface area (Å²) in [4.78, 5) is 9.36. The number of fused-ring (bicyclic) bond motifs is 1. The van der Waals surface area contributed by atoms with Crippen LogP contribution in [-0.4, -0.2) is 54.2 Å². The molecule has 4 aliphatic rings. The number of rotatable bonds is 7. The fraction of sp³-hybridized carbons (Fsp3) is 0.636. The highest BCUT2D eigenvalue weighted by atomic mass is 15.3. The molecule has 2 aliphatic heterocycles. The zero-order valence-corrected chi connectivity index (χ0v) is 17.5. The lowest BCUT2D eigenvalue weighted by atomic mass is 9.70. The lowest BCUT2D eigenvalue weighted by Gasteiger charge is -2.36. The molecule has 0 spiro atoms. The first kappa shape index (κ1) is 19.2. The van der Waals surface area contributed by atoms with Crippen molar-refractivity contribution in [2.24, 2.45) is 10.4 Å². The number of hydrogen-bond donors (Lipinski definition) is 2. The number of amidine groups is 1. The highest BCUT2D eigenvalue weighted by Gasteiger charge is 2.54. The Labute approximate surface area is 168 Å². The summed E-state index contributed by atoms with van der Waals surface area (Å²) in [5.41, 5.74) is 1.68. The number of nitrogens with zero attached hydrogens (tertiary/aromatic N) is 4. The van der Waals surface area contributed by atoms with Crippen molar-refractivity contribution in [3.8, 4) is 0 Å². The van der Waals surface area contributed by atoms with Gasteiger partial charge in [0.1, 0.15) is 11.7 Å². The van der Waals surface area contributed by atoms with Gasteiger partial charge in [0.2, 0.25) is 0 Å². The number of allylic oxidation sites excluding steroid dienone is 1. The quantitative estimate of drug-likeness (QED) is 0.558. The van der Waals surface area contributed by atoms with Crippen molar-refractivity contribution in [2.75, 3.05) is 32.1 Å². The Morgan fingerprint density at radius 1 is 1.46 bits per heavy atom. The van der Waals surface area contributed by atoms with E-state index in [2.05, 4.69) is 38.0 Å². The van der Waals surface area contributed by atoms with Crippen molar-refractivity contribution in [3.63, 3.8) is 0 Å². The number of likely N-dealkylation sites (N-methyl/N-ethyl adjacent to an activating group) is 1. The third-order valence-corrected chi connectivity index (χ3v) is 6.79. The average Bonchev–Trinajstić information content (AvgIpc) is 3.41. The minimum absolute atomic E-state index is 0.420. The molecule has 1 aromatic heterocycles. The van der Waals surface area contributed by atoms with Crippen LogP contribution in [0.25, 0.3) is 0 Å². The van der Waals surface area contributed by atoms with Gasteiger partial charge in [0.25, 0.3) is 0 Å². The molecule has 0 unspecified atom stereocenters. The van der Waals surface area contributed by atoms with Crippen molar-refractivity contribution in [2.45, 2.75) is 57.4 Å². The molecule has 3 heterocycles. The van der Waals surface area contributed by atoms with Gasteiger partial charge in [-0.1, -0.05) is 25.5 Å². The summed E-state index contributed by atoms with van der Waals surface area (Å²) >= 11 is 0. The monoisotopic (exact) mass is 382 g/mol. The summed E-state index contributed by atoms with van der Waals surface area (Å²) in [7, 11) is 4.08. The summed E-state index contributed by atoms with van der Waals surface area (Å²) in [5.74, 6) is 3.30. The number of nitrogens with one attached hydrogen (secondary N) is 2. The predicted molar refractivity (Wildman–Crippen MR) is 116 cm³/mol. The van der Waals surface area contributed by atoms with Gasteiger partial charge >= 0.3 is 0 Å². The molecule has 0 radical (unpaired) electrons. The largest absolute Gasteiger partial charge is 0.353 e. The van der Waals surface area contributed by atoms with Crippen molar-refractivity contribution in [3.05, 3.63) is 36.3 Å². The zero-order valence-electron chi connectivity index (χ0n) is 17.5. The van der Waals surface area contributed by atoms with E-state index in [1.807, 2.05) is 33.2 Å². The first-order valence-corrected chi connectivity index (χ1v) is 10.7. The van der Waals surface area contributed by atoms with Crippen LogP contribution in [0.3, 0.4) is 0 Å². The first-order valence-electron chi connectivity index (χ1n) is 10.7. The van der Waals surface area contributed by atoms with Gasteiger partial charge in [-0.25, -0.2) is 4.99 Å². The minimum atomic E-state index is 0.420. The number of aliphatic imine (C=N–C) groups is 1. The van der Waals surface area contributed by atoms with Crippen LogP contribution < -0.4 is 10.2 Å². The number of hydrogen-bond acceptors (Lipinski definition) is 4. The van der Waals surface area contributed by atoms with Crippen LogP contribution in [0.2, 0.25) is 0 Å². The minimum Gasteiger partial charge on any atom is -0.353 e. The topological polar surface area (TPSA) is 59.6 Å². The molecule has 0 amide bonds. The molecule has 0 atom stereocenters. The van der Waals surface area contributed by atoms with Crippen molar-refractivity contribution in [1.82, 2.24) is 20.4 Å². The molecule has 2 aliphatic carbocycles. The normalized spacial score (nSPS) is 27.6. The zero-order chi connectivity index (χ0) is 19.7. The highest BCUT2D eigenvalue weighted by Crippen LogP contribution is 2.52. The van der Waals surface area contributed by atoms with Crippen LogP contribution in [0.5, 0.6) is 0 Å². The Bertz CT molecular complexity index is 764. The smallest absolute Gasteiger partial charge is 0.155 e. The van der Waals surface area contributed by atoms with Crippen LogP contribution in [0, 0.1) is 5.41 Å². The second-order valence-corrected chi connectivity index (χ2v) is 8.83. The molecule has 2 saturated heterocycles. The van der Waals surface area contributed by atoms with Gasteiger partial charge in [-0.2, -0.15) is 5.10 Å². The van der Waals surface area contributed by atoms with Gasteiger partial charge in [0, 0.05) is 49.3 Å². The second-order valence-electron chi connectivity index (χ2n) is 8.83. The maximum Gasteiger partial charge on any atom is 0.155 e. The molecule has 2 bridgehead atoms. The number of H-pyrrole nitrogens is 1. The molecule has 5 rings (SSSR count). The van der Waals surface area contributed by atoms with E-state index in [1.165, 1.54) is 44.2 Å². The first-order chi connectivity index (χ1) is 13.5. The van der Waals surface area contributed by atoms with Crippen LogP contribution in [0.1, 0.15) is 57.1 Å². The summed E-state index contributed by atoms with van der Waals surface area (Å²) in [5, 5.41) is 11.2. The Morgan fingerprint density at radius 3 is 2.89 bits per heavy atom. The molecular weight excluding hydrogens is 348 g/mol. The Kier molecular flexibility index (Phi) is 5.32. The molecule has 2 saturated carbocycles. The second kappa shape index (κ2) is 7.74. The molecule has 4 fully saturated rings. The van der Waals surface area contributed by atoms with E-state index in [-0.39, 0.29) is 0 Å². The standard InChI is InChI=1S/C22H34N6/c1-5-8-20(24-16(2)28-15-22(14-23-3)12-18(28)13-22)27(4)21-11-19(25-26-21)17-9-6-7-10-17/h5,8,11,17-18,23H,2,6-7,9-10,12-15H2,1,3-4H3,(H,25,26)/b8-5-,24-20+. The van der Waals surface area contributed by atoms with Crippen LogP contribution >= 0.6 is 0 Å². The van der Waals surface area contributed by atoms with E-state index in [4.69, 9.17) is 4.99 Å². The molecular formula is C22H34N6. The summed E-state index contributed by atoms with van der Waals surface area (Å²) in [6, 6.07) is 2.79. The molecule has 1 aromatic rings. The molecule has 0 aromatic carbocycles. The lowest BCUT2D eigenvalue weighted by molar-refractivity contribution is 0.183. The molecule has 152 valence electrons. The summed E-state index contributed by atoms with van der Waals surface area (Å²) in [6.45, 7) is 8.46. The number of anilines is 1. The van der Waals surface area contributed by atoms with Gasteiger partial charge in [-0.3, -0.25) is 5.10 Å². The van der Waals surface area contributed by atoms with Crippen LogP contribution in [0.4, 0.5) is 5.82 Å². The van der Waals surface area contributed by atoms with Gasteiger partial charge < -0.3 is 15.1 Å². The molecule has 2 N–H and O–H groups in total.